The number of fused-ring (bicyclic) bond motifs is 2. The molecule has 10 heteroatoms. The van der Waals surface area contributed by atoms with Gasteiger partial charge < -0.3 is 14.6 Å². The van der Waals surface area contributed by atoms with Crippen molar-refractivity contribution in [3.63, 3.8) is 0 Å². The fraction of sp³-hybridized carbons (Fsp3) is 0.235. The molecule has 0 unspecified atom stereocenters. The lowest BCUT2D eigenvalue weighted by molar-refractivity contribution is -0.385. The number of benzene rings is 1. The molecule has 1 fully saturated rings. The molecule has 3 aromatic heterocycles. The van der Waals surface area contributed by atoms with Crippen LogP contribution in [0.2, 0.25) is 0 Å². The summed E-state index contributed by atoms with van der Waals surface area (Å²) in [4.78, 5) is 24.7. The molecule has 5 rings (SSSR count). The predicted octanol–water partition coefficient (Wildman–Crippen LogP) is 2.25. The largest absolute Gasteiger partial charge is 0.378 e. The Balaban J connectivity index is 1.58. The van der Waals surface area contributed by atoms with Crippen LogP contribution in [0.3, 0.4) is 0 Å². The van der Waals surface area contributed by atoms with Gasteiger partial charge in [0.25, 0.3) is 5.69 Å². The summed E-state index contributed by atoms with van der Waals surface area (Å²) < 4.78 is 5.40. The highest BCUT2D eigenvalue weighted by atomic mass is 16.6. The molecule has 0 bridgehead atoms. The van der Waals surface area contributed by atoms with Crippen molar-refractivity contribution in [2.45, 2.75) is 0 Å². The third-order valence-electron chi connectivity index (χ3n) is 4.68. The van der Waals surface area contributed by atoms with Crippen molar-refractivity contribution in [3.8, 4) is 11.5 Å². The standard InChI is InChI=1S/C17H15N7O3/c25-24(26)11-7-12-15(21-22-16(12)18-9-11)17-19-13-2-1-10(8-14(13)20-17)23-3-5-27-6-4-23/h1-2,7-9H,3-6H2,(H,19,20)(H,18,21,22). The topological polar surface area (TPSA) is 126 Å². The second-order valence-corrected chi connectivity index (χ2v) is 6.31. The van der Waals surface area contributed by atoms with Crippen LogP contribution < -0.4 is 4.90 Å². The second-order valence-electron chi connectivity index (χ2n) is 6.31. The monoisotopic (exact) mass is 365 g/mol. The van der Waals surface area contributed by atoms with E-state index in [0.717, 1.165) is 43.0 Å². The molecule has 0 saturated carbocycles. The van der Waals surface area contributed by atoms with Crippen LogP contribution in [0.1, 0.15) is 0 Å². The average Bonchev–Trinajstić information content (AvgIpc) is 3.31. The highest BCUT2D eigenvalue weighted by Crippen LogP contribution is 2.29. The van der Waals surface area contributed by atoms with Gasteiger partial charge in [0.1, 0.15) is 11.9 Å². The van der Waals surface area contributed by atoms with Crippen molar-refractivity contribution in [2.24, 2.45) is 0 Å². The van der Waals surface area contributed by atoms with Crippen molar-refractivity contribution in [1.29, 1.82) is 0 Å². The van der Waals surface area contributed by atoms with Crippen LogP contribution in [0, 0.1) is 10.1 Å². The minimum atomic E-state index is -0.476. The normalized spacial score (nSPS) is 14.9. The van der Waals surface area contributed by atoms with Crippen molar-refractivity contribution in [2.75, 3.05) is 31.2 Å². The van der Waals surface area contributed by atoms with Gasteiger partial charge in [-0.1, -0.05) is 0 Å². The van der Waals surface area contributed by atoms with Gasteiger partial charge in [-0.05, 0) is 18.2 Å². The fourth-order valence-corrected chi connectivity index (χ4v) is 3.30. The van der Waals surface area contributed by atoms with Crippen molar-refractivity contribution in [3.05, 3.63) is 40.6 Å². The van der Waals surface area contributed by atoms with E-state index in [1.54, 1.807) is 0 Å². The third-order valence-corrected chi connectivity index (χ3v) is 4.68. The second kappa shape index (κ2) is 6.02. The first kappa shape index (κ1) is 15.7. The molecule has 0 aliphatic carbocycles. The lowest BCUT2D eigenvalue weighted by Gasteiger charge is -2.28. The molecular weight excluding hydrogens is 350 g/mol. The molecule has 136 valence electrons. The van der Waals surface area contributed by atoms with E-state index in [2.05, 4.69) is 36.1 Å². The number of imidazole rings is 1. The molecule has 1 aromatic carbocycles. The number of nitrogens with zero attached hydrogens (tertiary/aromatic N) is 5. The van der Waals surface area contributed by atoms with Crippen LogP contribution in [0.4, 0.5) is 11.4 Å². The summed E-state index contributed by atoms with van der Waals surface area (Å²) in [5, 5.41) is 18.6. The fourth-order valence-electron chi connectivity index (χ4n) is 3.30. The summed E-state index contributed by atoms with van der Waals surface area (Å²) >= 11 is 0. The molecule has 1 saturated heterocycles. The Morgan fingerprint density at radius 2 is 2.07 bits per heavy atom. The van der Waals surface area contributed by atoms with Gasteiger partial charge in [-0.15, -0.1) is 0 Å². The van der Waals surface area contributed by atoms with Crippen LogP contribution in [-0.4, -0.2) is 56.4 Å². The molecule has 0 atom stereocenters. The summed E-state index contributed by atoms with van der Waals surface area (Å²) in [6.45, 7) is 3.15. The molecule has 0 spiro atoms. The molecular formula is C17H15N7O3. The number of aromatic nitrogens is 5. The van der Waals surface area contributed by atoms with E-state index in [9.17, 15) is 10.1 Å². The molecule has 4 heterocycles. The Bertz CT molecular complexity index is 1160. The van der Waals surface area contributed by atoms with Crippen LogP contribution in [0.25, 0.3) is 33.6 Å². The number of hydrogen-bond acceptors (Lipinski definition) is 7. The average molecular weight is 365 g/mol. The quantitative estimate of drug-likeness (QED) is 0.421. The van der Waals surface area contributed by atoms with Crippen molar-refractivity contribution < 1.29 is 9.66 Å². The minimum absolute atomic E-state index is 0.0872. The van der Waals surface area contributed by atoms with Gasteiger partial charge >= 0.3 is 0 Å². The lowest BCUT2D eigenvalue weighted by Crippen LogP contribution is -2.36. The molecule has 1 aliphatic rings. The Hall–Kier alpha value is -3.53. The van der Waals surface area contributed by atoms with Crippen LogP contribution in [0.15, 0.2) is 30.5 Å². The van der Waals surface area contributed by atoms with Gasteiger partial charge in [0.05, 0.1) is 34.6 Å². The number of morpholine rings is 1. The first-order valence-electron chi connectivity index (χ1n) is 8.50. The number of aromatic amines is 2. The number of hydrogen-bond donors (Lipinski definition) is 2. The SMILES string of the molecule is O=[N+]([O-])c1cnc2n[nH]c(-c3nc4ccc(N5CCOCC5)cc4[nH]3)c2c1. The van der Waals surface area contributed by atoms with Crippen LogP contribution in [0.5, 0.6) is 0 Å². The highest BCUT2D eigenvalue weighted by Gasteiger charge is 2.17. The van der Waals surface area contributed by atoms with Gasteiger partial charge in [0.2, 0.25) is 0 Å². The maximum Gasteiger partial charge on any atom is 0.288 e. The number of nitro groups is 1. The highest BCUT2D eigenvalue weighted by molar-refractivity contribution is 5.92. The smallest absolute Gasteiger partial charge is 0.288 e. The maximum absolute atomic E-state index is 11.0. The Morgan fingerprint density at radius 3 is 2.89 bits per heavy atom. The van der Waals surface area contributed by atoms with E-state index in [0.29, 0.717) is 22.6 Å². The number of anilines is 1. The van der Waals surface area contributed by atoms with E-state index in [1.165, 1.54) is 12.3 Å². The third kappa shape index (κ3) is 2.66. The summed E-state index contributed by atoms with van der Waals surface area (Å²) in [7, 11) is 0. The summed E-state index contributed by atoms with van der Waals surface area (Å²) in [6, 6.07) is 7.50. The minimum Gasteiger partial charge on any atom is -0.378 e. The zero-order chi connectivity index (χ0) is 18.4. The lowest BCUT2D eigenvalue weighted by atomic mass is 10.2. The molecule has 10 nitrogen and oxygen atoms in total. The molecule has 1 aliphatic heterocycles. The van der Waals surface area contributed by atoms with Crippen LogP contribution >= 0.6 is 0 Å². The first-order valence-corrected chi connectivity index (χ1v) is 8.50. The Kier molecular flexibility index (Phi) is 3.50. The van der Waals surface area contributed by atoms with Gasteiger partial charge in [0, 0.05) is 24.8 Å². The number of rotatable bonds is 3. The zero-order valence-corrected chi connectivity index (χ0v) is 14.2. The maximum atomic E-state index is 11.0. The van der Waals surface area contributed by atoms with Crippen molar-refractivity contribution >= 4 is 33.4 Å². The first-order chi connectivity index (χ1) is 13.2. The van der Waals surface area contributed by atoms with E-state index in [1.807, 2.05) is 12.1 Å². The summed E-state index contributed by atoms with van der Waals surface area (Å²) in [5.74, 6) is 0.564. The van der Waals surface area contributed by atoms with E-state index < -0.39 is 4.92 Å². The number of pyridine rings is 1. The predicted molar refractivity (Wildman–Crippen MR) is 98.7 cm³/mol. The number of H-pyrrole nitrogens is 2. The van der Waals surface area contributed by atoms with Gasteiger partial charge in [-0.25, -0.2) is 9.97 Å². The Morgan fingerprint density at radius 1 is 1.22 bits per heavy atom. The van der Waals surface area contributed by atoms with Gasteiger partial charge in [-0.2, -0.15) is 5.10 Å². The summed E-state index contributed by atoms with van der Waals surface area (Å²) in [6.07, 6.45) is 1.19. The van der Waals surface area contributed by atoms with Crippen LogP contribution in [-0.2, 0) is 4.74 Å². The van der Waals surface area contributed by atoms with Crippen molar-refractivity contribution in [1.82, 2.24) is 25.1 Å². The molecule has 2 N–H and O–H groups in total. The number of nitrogens with one attached hydrogen (secondary N) is 2. The molecule has 0 amide bonds. The number of ether oxygens (including phenoxy) is 1. The molecule has 0 radical (unpaired) electrons. The van der Waals surface area contributed by atoms with Gasteiger partial charge in [0.15, 0.2) is 11.5 Å². The molecule has 27 heavy (non-hydrogen) atoms. The Labute approximate surface area is 152 Å². The van der Waals surface area contributed by atoms with E-state index >= 15 is 0 Å². The van der Waals surface area contributed by atoms with E-state index in [4.69, 9.17) is 4.74 Å². The van der Waals surface area contributed by atoms with E-state index in [-0.39, 0.29) is 5.69 Å². The van der Waals surface area contributed by atoms with Gasteiger partial charge in [-0.3, -0.25) is 15.2 Å². The summed E-state index contributed by atoms with van der Waals surface area (Å²) in [5.41, 5.74) is 3.69. The zero-order valence-electron chi connectivity index (χ0n) is 14.2. The molecule has 4 aromatic rings.